The Labute approximate surface area is 112 Å². The van der Waals surface area contributed by atoms with Crippen LogP contribution in [0.2, 0.25) is 0 Å². The van der Waals surface area contributed by atoms with E-state index >= 15 is 0 Å². The minimum atomic E-state index is -0.189. The highest BCUT2D eigenvalue weighted by atomic mass is 79.9. The van der Waals surface area contributed by atoms with E-state index in [4.69, 9.17) is 0 Å². The van der Waals surface area contributed by atoms with Gasteiger partial charge in [-0.1, -0.05) is 15.9 Å². The van der Waals surface area contributed by atoms with E-state index in [0.29, 0.717) is 17.4 Å². The van der Waals surface area contributed by atoms with Gasteiger partial charge in [0, 0.05) is 29.8 Å². The molecule has 0 aliphatic carbocycles. The van der Waals surface area contributed by atoms with Crippen LogP contribution in [0.4, 0.5) is 5.69 Å². The van der Waals surface area contributed by atoms with Crippen LogP contribution in [0.5, 0.6) is 0 Å². The van der Waals surface area contributed by atoms with Crippen LogP contribution in [0.1, 0.15) is 6.42 Å². The molecule has 0 aliphatic rings. The predicted octanol–water partition coefficient (Wildman–Crippen LogP) is 1.89. The van der Waals surface area contributed by atoms with Gasteiger partial charge in [-0.25, -0.2) is 4.79 Å². The van der Waals surface area contributed by atoms with E-state index in [2.05, 4.69) is 26.2 Å². The van der Waals surface area contributed by atoms with Crippen molar-refractivity contribution in [2.45, 2.75) is 6.42 Å². The molecule has 1 amide bonds. The van der Waals surface area contributed by atoms with Gasteiger partial charge in [-0.3, -0.25) is 9.36 Å². The molecule has 6 heteroatoms. The smallest absolute Gasteiger partial charge is 0.326 e. The molecular weight excluding hydrogens is 298 g/mol. The monoisotopic (exact) mass is 309 g/mol. The van der Waals surface area contributed by atoms with Gasteiger partial charge in [-0.15, -0.1) is 0 Å². The lowest BCUT2D eigenvalue weighted by Gasteiger charge is -2.05. The van der Waals surface area contributed by atoms with Crippen molar-refractivity contribution in [2.24, 2.45) is 0 Å². The first-order valence-electron chi connectivity index (χ1n) is 5.43. The summed E-state index contributed by atoms with van der Waals surface area (Å²) in [5.74, 6) is -0.0431. The highest BCUT2D eigenvalue weighted by Crippen LogP contribution is 2.12. The Balaban J connectivity index is 2.13. The lowest BCUT2D eigenvalue weighted by atomic mass is 10.2. The molecule has 0 spiro atoms. The molecule has 0 atom stereocenters. The summed E-state index contributed by atoms with van der Waals surface area (Å²) in [6.07, 6.45) is 3.66. The van der Waals surface area contributed by atoms with Crippen molar-refractivity contribution in [3.63, 3.8) is 0 Å². The highest BCUT2D eigenvalue weighted by molar-refractivity contribution is 9.09. The standard InChI is InChI=1S/C12H12BrN3O2/c13-6-5-11(17)15-9-1-3-10(4-2-9)16-8-7-14-12(16)18/h1-4,7-8H,5-6H2,(H,14,18)(H,15,17). The van der Waals surface area contributed by atoms with Crippen molar-refractivity contribution in [3.8, 4) is 5.69 Å². The van der Waals surface area contributed by atoms with E-state index < -0.39 is 0 Å². The molecular formula is C12H12BrN3O2. The Kier molecular flexibility index (Phi) is 3.99. The first-order valence-corrected chi connectivity index (χ1v) is 6.55. The Hall–Kier alpha value is -1.82. The number of aromatic amines is 1. The number of rotatable bonds is 4. The lowest BCUT2D eigenvalue weighted by molar-refractivity contribution is -0.115. The molecule has 1 aromatic heterocycles. The highest BCUT2D eigenvalue weighted by Gasteiger charge is 2.02. The van der Waals surface area contributed by atoms with Crippen LogP contribution in [0.15, 0.2) is 41.5 Å². The van der Waals surface area contributed by atoms with E-state index in [1.165, 1.54) is 4.57 Å². The number of imidazole rings is 1. The summed E-state index contributed by atoms with van der Waals surface area (Å²) in [6, 6.07) is 7.08. The van der Waals surface area contributed by atoms with Crippen molar-refractivity contribution in [3.05, 3.63) is 47.1 Å². The number of alkyl halides is 1. The fourth-order valence-corrected chi connectivity index (χ4v) is 1.90. The summed E-state index contributed by atoms with van der Waals surface area (Å²) in [5.41, 5.74) is 1.28. The zero-order valence-corrected chi connectivity index (χ0v) is 11.1. The van der Waals surface area contributed by atoms with E-state index in [-0.39, 0.29) is 11.6 Å². The number of anilines is 1. The molecule has 0 fully saturated rings. The van der Waals surface area contributed by atoms with Crippen molar-refractivity contribution in [2.75, 3.05) is 10.6 Å². The normalized spacial score (nSPS) is 10.3. The minimum absolute atomic E-state index is 0.0431. The molecule has 18 heavy (non-hydrogen) atoms. The molecule has 2 aromatic rings. The number of hydrogen-bond acceptors (Lipinski definition) is 2. The summed E-state index contributed by atoms with van der Waals surface area (Å²) >= 11 is 3.21. The number of nitrogens with zero attached hydrogens (tertiary/aromatic N) is 1. The van der Waals surface area contributed by atoms with Gasteiger partial charge in [0.1, 0.15) is 0 Å². The maximum atomic E-state index is 11.4. The van der Waals surface area contributed by atoms with Gasteiger partial charge in [0.05, 0.1) is 5.69 Å². The van der Waals surface area contributed by atoms with Gasteiger partial charge in [0.25, 0.3) is 0 Å². The molecule has 1 heterocycles. The van der Waals surface area contributed by atoms with Crippen LogP contribution in [0, 0.1) is 0 Å². The SMILES string of the molecule is O=C(CCBr)Nc1ccc(-n2cc[nH]c2=O)cc1. The number of carbonyl (C=O) groups is 1. The summed E-state index contributed by atoms with van der Waals surface area (Å²) in [5, 5.41) is 3.40. The molecule has 1 aromatic carbocycles. The second-order valence-corrected chi connectivity index (χ2v) is 4.46. The molecule has 0 saturated heterocycles. The third-order valence-electron chi connectivity index (χ3n) is 2.40. The van der Waals surface area contributed by atoms with Gasteiger partial charge < -0.3 is 10.3 Å². The fourth-order valence-electron chi connectivity index (χ4n) is 1.54. The number of aromatic nitrogens is 2. The summed E-state index contributed by atoms with van der Waals surface area (Å²) in [7, 11) is 0. The summed E-state index contributed by atoms with van der Waals surface area (Å²) in [6.45, 7) is 0. The van der Waals surface area contributed by atoms with Gasteiger partial charge >= 0.3 is 5.69 Å². The van der Waals surface area contributed by atoms with Crippen molar-refractivity contribution in [1.29, 1.82) is 0 Å². The molecule has 0 aliphatic heterocycles. The quantitative estimate of drug-likeness (QED) is 0.847. The Morgan fingerprint density at radius 2 is 2.06 bits per heavy atom. The molecule has 0 unspecified atom stereocenters. The summed E-state index contributed by atoms with van der Waals surface area (Å²) in [4.78, 5) is 25.3. The Bertz CT molecular complexity index is 586. The summed E-state index contributed by atoms with van der Waals surface area (Å²) < 4.78 is 1.49. The number of hydrogen-bond donors (Lipinski definition) is 2. The molecule has 0 saturated carbocycles. The number of nitrogens with one attached hydrogen (secondary N) is 2. The average molecular weight is 310 g/mol. The van der Waals surface area contributed by atoms with Crippen LogP contribution in [-0.2, 0) is 4.79 Å². The number of benzene rings is 1. The predicted molar refractivity (Wildman–Crippen MR) is 73.4 cm³/mol. The molecule has 0 radical (unpaired) electrons. The van der Waals surface area contributed by atoms with Crippen LogP contribution in [0.3, 0.4) is 0 Å². The van der Waals surface area contributed by atoms with Crippen LogP contribution in [0.25, 0.3) is 5.69 Å². The molecule has 2 N–H and O–H groups in total. The zero-order chi connectivity index (χ0) is 13.0. The van der Waals surface area contributed by atoms with Crippen molar-refractivity contribution < 1.29 is 4.79 Å². The van der Waals surface area contributed by atoms with Crippen molar-refractivity contribution in [1.82, 2.24) is 9.55 Å². The van der Waals surface area contributed by atoms with E-state index in [0.717, 1.165) is 5.69 Å². The third kappa shape index (κ3) is 2.89. The number of amides is 1. The number of carbonyl (C=O) groups excluding carboxylic acids is 1. The molecule has 0 bridgehead atoms. The van der Waals surface area contributed by atoms with E-state index in [9.17, 15) is 9.59 Å². The first-order chi connectivity index (χ1) is 8.70. The topological polar surface area (TPSA) is 66.9 Å². The van der Waals surface area contributed by atoms with Crippen LogP contribution < -0.4 is 11.0 Å². The first kappa shape index (κ1) is 12.6. The van der Waals surface area contributed by atoms with Crippen molar-refractivity contribution >= 4 is 27.5 Å². The van der Waals surface area contributed by atoms with Crippen LogP contribution in [-0.4, -0.2) is 20.8 Å². The number of halogens is 1. The maximum Gasteiger partial charge on any atom is 0.330 e. The Morgan fingerprint density at radius 3 is 2.61 bits per heavy atom. The van der Waals surface area contributed by atoms with Gasteiger partial charge in [0.15, 0.2) is 0 Å². The largest absolute Gasteiger partial charge is 0.330 e. The van der Waals surface area contributed by atoms with Gasteiger partial charge in [0.2, 0.25) is 5.91 Å². The van der Waals surface area contributed by atoms with E-state index in [1.807, 2.05) is 0 Å². The lowest BCUT2D eigenvalue weighted by Crippen LogP contribution is -2.14. The average Bonchev–Trinajstić information content (AvgIpc) is 2.77. The minimum Gasteiger partial charge on any atom is -0.326 e. The second kappa shape index (κ2) is 5.68. The second-order valence-electron chi connectivity index (χ2n) is 3.67. The molecule has 2 rings (SSSR count). The fraction of sp³-hybridized carbons (Fsp3) is 0.167. The van der Waals surface area contributed by atoms with Gasteiger partial charge in [-0.2, -0.15) is 0 Å². The zero-order valence-electron chi connectivity index (χ0n) is 9.52. The van der Waals surface area contributed by atoms with Crippen LogP contribution >= 0.6 is 15.9 Å². The Morgan fingerprint density at radius 1 is 1.33 bits per heavy atom. The van der Waals surface area contributed by atoms with E-state index in [1.54, 1.807) is 36.7 Å². The third-order valence-corrected chi connectivity index (χ3v) is 2.80. The maximum absolute atomic E-state index is 11.4. The molecule has 94 valence electrons. The molecule has 5 nitrogen and oxygen atoms in total. The van der Waals surface area contributed by atoms with Gasteiger partial charge in [-0.05, 0) is 24.3 Å². The number of H-pyrrole nitrogens is 1.